The van der Waals surface area contributed by atoms with Crippen LogP contribution in [0.15, 0.2) is 78.1 Å². The van der Waals surface area contributed by atoms with Crippen LogP contribution in [0.1, 0.15) is 29.2 Å². The summed E-state index contributed by atoms with van der Waals surface area (Å²) in [5.74, 6) is -1.13. The monoisotopic (exact) mass is 570 g/mol. The first-order valence-corrected chi connectivity index (χ1v) is 13.0. The van der Waals surface area contributed by atoms with Gasteiger partial charge in [0.1, 0.15) is 17.1 Å². The summed E-state index contributed by atoms with van der Waals surface area (Å²) in [7, 11) is 3.00. The third kappa shape index (κ3) is 5.24. The van der Waals surface area contributed by atoms with Crippen LogP contribution in [0.3, 0.4) is 0 Å². The fourth-order valence-electron chi connectivity index (χ4n) is 4.59. The lowest BCUT2D eigenvalue weighted by atomic mass is 10.0. The highest BCUT2D eigenvalue weighted by Crippen LogP contribution is 2.37. The number of hydrogen-bond acceptors (Lipinski definition) is 7. The number of fused-ring (bicyclic) bond motifs is 1. The molecule has 0 spiro atoms. The van der Waals surface area contributed by atoms with E-state index in [1.165, 1.54) is 57.1 Å². The predicted molar refractivity (Wildman–Crippen MR) is 151 cm³/mol. The van der Waals surface area contributed by atoms with Gasteiger partial charge >= 0.3 is 0 Å². The summed E-state index contributed by atoms with van der Waals surface area (Å²) in [6, 6.07) is 11.6. The summed E-state index contributed by atoms with van der Waals surface area (Å²) in [4.78, 5) is 34.9. The van der Waals surface area contributed by atoms with Crippen LogP contribution >= 0.6 is 0 Å². The molecule has 0 unspecified atom stereocenters. The summed E-state index contributed by atoms with van der Waals surface area (Å²) in [5, 5.41) is 3.10. The van der Waals surface area contributed by atoms with E-state index < -0.39 is 23.0 Å². The fraction of sp³-hybridized carbons (Fsp3) is 0.161. The molecule has 1 N–H and O–H groups in total. The van der Waals surface area contributed by atoms with Crippen molar-refractivity contribution in [1.82, 2.24) is 14.5 Å². The van der Waals surface area contributed by atoms with Crippen LogP contribution in [0.4, 0.5) is 14.5 Å². The molecular formula is C31H24F2N4O5. The molecule has 9 nitrogen and oxygen atoms in total. The van der Waals surface area contributed by atoms with Crippen molar-refractivity contribution in [2.24, 2.45) is 0 Å². The van der Waals surface area contributed by atoms with Crippen molar-refractivity contribution >= 4 is 22.5 Å². The molecule has 212 valence electrons. The first-order chi connectivity index (χ1) is 20.3. The van der Waals surface area contributed by atoms with Gasteiger partial charge < -0.3 is 24.1 Å². The Hall–Kier alpha value is -5.32. The predicted octanol–water partition coefficient (Wildman–Crippen LogP) is 6.13. The number of carbonyl (C=O) groups excluding carboxylic acids is 1. The Morgan fingerprint density at radius 3 is 2.38 bits per heavy atom. The van der Waals surface area contributed by atoms with E-state index in [-0.39, 0.29) is 34.5 Å². The zero-order valence-electron chi connectivity index (χ0n) is 22.6. The highest BCUT2D eigenvalue weighted by molar-refractivity contribution is 6.04. The lowest BCUT2D eigenvalue weighted by Crippen LogP contribution is -2.24. The molecule has 5 aromatic rings. The Morgan fingerprint density at radius 2 is 1.69 bits per heavy atom. The number of amides is 1. The van der Waals surface area contributed by atoms with E-state index in [2.05, 4.69) is 15.3 Å². The average molecular weight is 571 g/mol. The van der Waals surface area contributed by atoms with Crippen LogP contribution in [0.5, 0.6) is 23.1 Å². The molecule has 2 aromatic carbocycles. The molecule has 0 atom stereocenters. The van der Waals surface area contributed by atoms with E-state index in [1.54, 1.807) is 24.4 Å². The largest absolute Gasteiger partial charge is 0.493 e. The standard InChI is InChI=1S/C31H24F2N4O5/c1-40-27-12-21-25(13-28(27)41-2)34-10-9-26(21)42-31-24(33)11-19(14-35-31)36-30(39)23-16-37(20-7-8-20)15-22(29(23)38)17-3-5-18(32)6-4-17/h3-6,9-16,20H,7-8H2,1-2H3,(H,36,39). The summed E-state index contributed by atoms with van der Waals surface area (Å²) in [6.07, 6.45) is 7.72. The van der Waals surface area contributed by atoms with Crippen molar-refractivity contribution < 1.29 is 27.8 Å². The quantitative estimate of drug-likeness (QED) is 0.239. The number of hydrogen-bond donors (Lipinski definition) is 1. The van der Waals surface area contributed by atoms with E-state index in [9.17, 15) is 14.0 Å². The number of aromatic nitrogens is 3. The molecule has 1 aliphatic rings. The van der Waals surface area contributed by atoms with Crippen LogP contribution < -0.4 is 25.0 Å². The van der Waals surface area contributed by atoms with Gasteiger partial charge in [0.25, 0.3) is 11.8 Å². The minimum atomic E-state index is -0.839. The molecule has 0 bridgehead atoms. The molecule has 6 rings (SSSR count). The van der Waals surface area contributed by atoms with Gasteiger partial charge in [-0.1, -0.05) is 12.1 Å². The average Bonchev–Trinajstić information content (AvgIpc) is 3.84. The molecule has 0 radical (unpaired) electrons. The molecular weight excluding hydrogens is 546 g/mol. The molecule has 1 fully saturated rings. The van der Waals surface area contributed by atoms with Gasteiger partial charge in [-0.15, -0.1) is 0 Å². The fourth-order valence-corrected chi connectivity index (χ4v) is 4.59. The summed E-state index contributed by atoms with van der Waals surface area (Å²) in [6.45, 7) is 0. The van der Waals surface area contributed by atoms with Crippen LogP contribution in [0.2, 0.25) is 0 Å². The van der Waals surface area contributed by atoms with E-state index in [1.807, 2.05) is 4.57 Å². The van der Waals surface area contributed by atoms with E-state index in [4.69, 9.17) is 14.2 Å². The Kier molecular flexibility index (Phi) is 6.99. The molecule has 1 saturated carbocycles. The van der Waals surface area contributed by atoms with Gasteiger partial charge in [0, 0.05) is 47.7 Å². The third-order valence-corrected chi connectivity index (χ3v) is 6.89. The third-order valence-electron chi connectivity index (χ3n) is 6.89. The molecule has 0 saturated heterocycles. The second-order valence-corrected chi connectivity index (χ2v) is 9.70. The zero-order chi connectivity index (χ0) is 29.4. The Balaban J connectivity index is 1.27. The maximum absolute atomic E-state index is 15.1. The summed E-state index contributed by atoms with van der Waals surface area (Å²) >= 11 is 0. The van der Waals surface area contributed by atoms with Crippen molar-refractivity contribution in [3.63, 3.8) is 0 Å². The molecule has 1 aliphatic carbocycles. The number of ether oxygens (including phenoxy) is 3. The van der Waals surface area contributed by atoms with Crippen molar-refractivity contribution in [3.05, 3.63) is 101 Å². The Morgan fingerprint density at radius 1 is 0.952 bits per heavy atom. The second kappa shape index (κ2) is 10.9. The number of anilines is 1. The molecule has 3 heterocycles. The Labute approximate surface area is 238 Å². The Bertz CT molecular complexity index is 1890. The highest BCUT2D eigenvalue weighted by atomic mass is 19.1. The van der Waals surface area contributed by atoms with Crippen molar-refractivity contribution in [2.45, 2.75) is 18.9 Å². The topological polar surface area (TPSA) is 105 Å². The van der Waals surface area contributed by atoms with Gasteiger partial charge in [0.2, 0.25) is 5.43 Å². The molecule has 1 amide bonds. The number of benzene rings is 2. The maximum Gasteiger partial charge on any atom is 0.261 e. The van der Waals surface area contributed by atoms with Gasteiger partial charge in [-0.2, -0.15) is 0 Å². The van der Waals surface area contributed by atoms with Gasteiger partial charge in [-0.05, 0) is 42.7 Å². The lowest BCUT2D eigenvalue weighted by molar-refractivity contribution is 0.102. The minimum Gasteiger partial charge on any atom is -0.493 e. The SMILES string of the molecule is COc1cc2nccc(Oc3ncc(NC(=O)c4cn(C5CC5)cc(-c5ccc(F)cc5)c4=O)cc3F)c2cc1OC. The van der Waals surface area contributed by atoms with E-state index >= 15 is 4.39 Å². The molecule has 0 aliphatic heterocycles. The normalized spacial score (nSPS) is 12.7. The van der Waals surface area contributed by atoms with Crippen LogP contribution in [0, 0.1) is 11.6 Å². The molecule has 11 heteroatoms. The maximum atomic E-state index is 15.1. The number of halogens is 2. The lowest BCUT2D eigenvalue weighted by Gasteiger charge is -2.13. The summed E-state index contributed by atoms with van der Waals surface area (Å²) < 4.78 is 46.9. The van der Waals surface area contributed by atoms with Gasteiger partial charge in [0.05, 0.1) is 31.6 Å². The van der Waals surface area contributed by atoms with Crippen LogP contribution in [-0.2, 0) is 0 Å². The molecule has 3 aromatic heterocycles. The van der Waals surface area contributed by atoms with Crippen molar-refractivity contribution in [3.8, 4) is 34.3 Å². The number of rotatable bonds is 8. The van der Waals surface area contributed by atoms with Crippen molar-refractivity contribution in [1.29, 1.82) is 0 Å². The van der Waals surface area contributed by atoms with Gasteiger partial charge in [-0.3, -0.25) is 14.6 Å². The number of nitrogens with one attached hydrogen (secondary N) is 1. The summed E-state index contributed by atoms with van der Waals surface area (Å²) in [5.41, 5.74) is 0.661. The first-order valence-electron chi connectivity index (χ1n) is 13.0. The number of pyridine rings is 3. The number of nitrogens with zero attached hydrogens (tertiary/aromatic N) is 3. The highest BCUT2D eigenvalue weighted by Gasteiger charge is 2.26. The van der Waals surface area contributed by atoms with Gasteiger partial charge in [0.15, 0.2) is 17.3 Å². The second-order valence-electron chi connectivity index (χ2n) is 9.70. The van der Waals surface area contributed by atoms with Gasteiger partial charge in [-0.25, -0.2) is 13.8 Å². The van der Waals surface area contributed by atoms with Crippen LogP contribution in [0.25, 0.3) is 22.0 Å². The van der Waals surface area contributed by atoms with Crippen molar-refractivity contribution in [2.75, 3.05) is 19.5 Å². The van der Waals surface area contributed by atoms with Crippen LogP contribution in [-0.4, -0.2) is 34.7 Å². The molecule has 42 heavy (non-hydrogen) atoms. The van der Waals surface area contributed by atoms with E-state index in [0.717, 1.165) is 18.9 Å². The smallest absolute Gasteiger partial charge is 0.261 e. The van der Waals surface area contributed by atoms with E-state index in [0.29, 0.717) is 28.0 Å². The number of methoxy groups -OCH3 is 2. The number of carbonyl (C=O) groups is 1. The first kappa shape index (κ1) is 26.9. The zero-order valence-corrected chi connectivity index (χ0v) is 22.6. The minimum absolute atomic E-state index is 0.0281.